The second-order valence-electron chi connectivity index (χ2n) is 5.62. The number of esters is 1. The number of nitrogens with one attached hydrogen (secondary N) is 1. The predicted octanol–water partition coefficient (Wildman–Crippen LogP) is 3.50. The van der Waals surface area contributed by atoms with Crippen LogP contribution in [0, 0.1) is 0 Å². The maximum atomic E-state index is 12.3. The quantitative estimate of drug-likeness (QED) is 0.610. The van der Waals surface area contributed by atoms with Crippen molar-refractivity contribution in [2.75, 3.05) is 6.61 Å². The fourth-order valence-electron chi connectivity index (χ4n) is 1.64. The molecular weight excluding hydrogens is 354 g/mol. The Hall–Kier alpha value is -0.560. The lowest BCUT2D eigenvalue weighted by atomic mass is 10.1. The first-order chi connectivity index (χ1) is 9.74. The molecule has 0 spiro atoms. The average Bonchev–Trinajstić information content (AvgIpc) is 2.37. The van der Waals surface area contributed by atoms with Crippen molar-refractivity contribution in [3.8, 4) is 0 Å². The highest BCUT2D eigenvalue weighted by atomic mass is 79.9. The van der Waals surface area contributed by atoms with Gasteiger partial charge in [-0.05, 0) is 45.4 Å². The molecule has 0 aliphatic rings. The number of benzene rings is 1. The van der Waals surface area contributed by atoms with Gasteiger partial charge in [-0.2, -0.15) is 0 Å². The Morgan fingerprint density at radius 2 is 2.14 bits per heavy atom. The summed E-state index contributed by atoms with van der Waals surface area (Å²) in [6.07, 6.45) is 0.145. The summed E-state index contributed by atoms with van der Waals surface area (Å²) in [4.78, 5) is 11.8. The third kappa shape index (κ3) is 6.38. The van der Waals surface area contributed by atoms with Gasteiger partial charge < -0.3 is 9.29 Å². The summed E-state index contributed by atoms with van der Waals surface area (Å²) in [6.45, 7) is 7.77. The number of carbonyl (C=O) groups is 1. The summed E-state index contributed by atoms with van der Waals surface area (Å²) in [7, 11) is 0. The molecule has 4 nitrogen and oxygen atoms in total. The van der Waals surface area contributed by atoms with Gasteiger partial charge in [0.25, 0.3) is 0 Å². The molecule has 1 unspecified atom stereocenters. The van der Waals surface area contributed by atoms with Crippen LogP contribution < -0.4 is 4.72 Å². The fraction of sp³-hybridized carbons (Fsp3) is 0.533. The molecule has 0 aromatic heterocycles. The second-order valence-corrected chi connectivity index (χ2v) is 8.53. The number of rotatable bonds is 6. The molecule has 1 rings (SSSR count). The molecule has 21 heavy (non-hydrogen) atoms. The van der Waals surface area contributed by atoms with Gasteiger partial charge in [0.15, 0.2) is 0 Å². The van der Waals surface area contributed by atoms with E-state index in [2.05, 4.69) is 20.7 Å². The van der Waals surface area contributed by atoms with Gasteiger partial charge >= 0.3 is 5.97 Å². The van der Waals surface area contributed by atoms with Crippen LogP contribution in [-0.4, -0.2) is 21.9 Å². The van der Waals surface area contributed by atoms with Gasteiger partial charge in [0.05, 0.1) is 19.1 Å². The lowest BCUT2D eigenvalue weighted by Crippen LogP contribution is -2.42. The summed E-state index contributed by atoms with van der Waals surface area (Å²) < 4.78 is 20.9. The summed E-state index contributed by atoms with van der Waals surface area (Å²) in [5.74, 6) is -0.305. The van der Waals surface area contributed by atoms with E-state index in [-0.39, 0.29) is 18.4 Å². The molecule has 0 saturated heterocycles. The van der Waals surface area contributed by atoms with Crippen LogP contribution in [0.2, 0.25) is 0 Å². The van der Waals surface area contributed by atoms with Crippen molar-refractivity contribution >= 4 is 33.3 Å². The number of ether oxygens (including phenoxy) is 1. The third-order valence-corrected chi connectivity index (χ3v) is 4.84. The minimum absolute atomic E-state index is 0.145. The molecule has 1 N–H and O–H groups in total. The average molecular weight is 376 g/mol. The first kappa shape index (κ1) is 18.5. The first-order valence-corrected chi connectivity index (χ1v) is 8.77. The van der Waals surface area contributed by atoms with Crippen molar-refractivity contribution in [1.29, 1.82) is 0 Å². The first-order valence-electron chi connectivity index (χ1n) is 6.83. The van der Waals surface area contributed by atoms with Crippen molar-refractivity contribution in [2.24, 2.45) is 0 Å². The summed E-state index contributed by atoms with van der Waals surface area (Å²) >= 11 is 2.15. The van der Waals surface area contributed by atoms with E-state index in [1.165, 1.54) is 0 Å². The van der Waals surface area contributed by atoms with E-state index in [1.807, 2.05) is 45.0 Å². The van der Waals surface area contributed by atoms with Gasteiger partial charge in [0, 0.05) is 15.8 Å². The fourth-order valence-corrected chi connectivity index (χ4v) is 2.89. The molecule has 0 fully saturated rings. The van der Waals surface area contributed by atoms with Gasteiger partial charge in [0.2, 0.25) is 0 Å². The van der Waals surface area contributed by atoms with Crippen LogP contribution in [0.4, 0.5) is 0 Å². The number of halogens is 1. The van der Waals surface area contributed by atoms with Crippen LogP contribution in [0.25, 0.3) is 0 Å². The summed E-state index contributed by atoms with van der Waals surface area (Å²) in [5, 5.41) is 0. The molecule has 0 aliphatic carbocycles. The van der Waals surface area contributed by atoms with Gasteiger partial charge in [-0.25, -0.2) is 0 Å². The van der Waals surface area contributed by atoms with Crippen LogP contribution in [-0.2, 0) is 20.9 Å². The van der Waals surface area contributed by atoms with Crippen molar-refractivity contribution in [3.63, 3.8) is 0 Å². The lowest BCUT2D eigenvalue weighted by molar-refractivity contribution is -0.143. The molecule has 0 saturated carbocycles. The monoisotopic (exact) mass is 375 g/mol. The van der Waals surface area contributed by atoms with Crippen LogP contribution in [0.1, 0.15) is 45.7 Å². The lowest BCUT2D eigenvalue weighted by Gasteiger charge is -2.28. The summed E-state index contributed by atoms with van der Waals surface area (Å²) in [5.41, 5.74) is 0.898. The number of hydrogen-bond donors (Lipinski definition) is 1. The van der Waals surface area contributed by atoms with Crippen molar-refractivity contribution < 1.29 is 14.1 Å². The number of carbonyl (C=O) groups excluding carboxylic acids is 1. The van der Waals surface area contributed by atoms with Crippen molar-refractivity contribution in [1.82, 2.24) is 4.72 Å². The summed E-state index contributed by atoms with van der Waals surface area (Å²) in [6, 6.07) is 7.27. The van der Waals surface area contributed by atoms with E-state index in [1.54, 1.807) is 6.92 Å². The van der Waals surface area contributed by atoms with E-state index >= 15 is 0 Å². The zero-order valence-electron chi connectivity index (χ0n) is 12.8. The van der Waals surface area contributed by atoms with Gasteiger partial charge in [-0.3, -0.25) is 4.79 Å². The molecule has 0 aliphatic heterocycles. The van der Waals surface area contributed by atoms with E-state index < -0.39 is 16.1 Å². The third-order valence-electron chi connectivity index (χ3n) is 2.73. The van der Waals surface area contributed by atoms with Crippen molar-refractivity contribution in [2.45, 2.75) is 44.9 Å². The van der Waals surface area contributed by atoms with Crippen LogP contribution in [0.15, 0.2) is 28.7 Å². The van der Waals surface area contributed by atoms with Gasteiger partial charge in [0.1, 0.15) is 4.75 Å². The van der Waals surface area contributed by atoms with Crippen LogP contribution >= 0.6 is 15.9 Å². The minimum atomic E-state index is -1.27. The Labute approximate surface area is 138 Å². The molecular formula is C15H22BrNO3S. The Morgan fingerprint density at radius 3 is 2.67 bits per heavy atom. The SMILES string of the molecule is CCOC(=O)C[C@@H](N[S+]([O-])C(C)(C)C)c1cccc(Br)c1. The Bertz CT molecular complexity index is 476. The van der Waals surface area contributed by atoms with Crippen LogP contribution in [0.5, 0.6) is 0 Å². The predicted molar refractivity (Wildman–Crippen MR) is 89.2 cm³/mol. The molecule has 1 aromatic carbocycles. The second kappa shape index (κ2) is 8.17. The highest BCUT2D eigenvalue weighted by Crippen LogP contribution is 2.25. The molecule has 0 bridgehead atoms. The molecule has 1 aromatic rings. The minimum Gasteiger partial charge on any atom is -0.598 e. The van der Waals surface area contributed by atoms with Gasteiger partial charge in [-0.15, -0.1) is 4.72 Å². The highest BCUT2D eigenvalue weighted by Gasteiger charge is 2.31. The van der Waals surface area contributed by atoms with E-state index in [4.69, 9.17) is 4.74 Å². The molecule has 0 amide bonds. The van der Waals surface area contributed by atoms with Gasteiger partial charge in [-0.1, -0.05) is 28.1 Å². The standard InChI is InChI=1S/C15H22BrNO3S/c1-5-20-14(18)10-13(17-21(19)15(2,3)4)11-7-6-8-12(16)9-11/h6-9,13,17H,5,10H2,1-4H3/t13-,21?/m1/s1. The molecule has 6 heteroatoms. The van der Waals surface area contributed by atoms with E-state index in [0.717, 1.165) is 10.0 Å². The van der Waals surface area contributed by atoms with E-state index in [0.29, 0.717) is 6.61 Å². The Morgan fingerprint density at radius 1 is 1.48 bits per heavy atom. The molecule has 118 valence electrons. The largest absolute Gasteiger partial charge is 0.598 e. The smallest absolute Gasteiger partial charge is 0.307 e. The van der Waals surface area contributed by atoms with Crippen molar-refractivity contribution in [3.05, 3.63) is 34.3 Å². The molecule has 2 atom stereocenters. The molecule has 0 radical (unpaired) electrons. The maximum Gasteiger partial charge on any atom is 0.307 e. The normalized spacial score (nSPS) is 14.6. The number of hydrogen-bond acceptors (Lipinski definition) is 4. The topological polar surface area (TPSA) is 61.4 Å². The maximum absolute atomic E-state index is 12.3. The zero-order chi connectivity index (χ0) is 16.0. The highest BCUT2D eigenvalue weighted by molar-refractivity contribution is 9.10. The van der Waals surface area contributed by atoms with Crippen LogP contribution in [0.3, 0.4) is 0 Å². The zero-order valence-corrected chi connectivity index (χ0v) is 15.2. The van der Waals surface area contributed by atoms with E-state index in [9.17, 15) is 9.35 Å². The Balaban J connectivity index is 2.92. The molecule has 0 heterocycles. The Kier molecular flexibility index (Phi) is 7.20.